The van der Waals surface area contributed by atoms with Crippen molar-refractivity contribution in [3.8, 4) is 0 Å². The van der Waals surface area contributed by atoms with Gasteiger partial charge >= 0.3 is 0 Å². The molecule has 0 fully saturated rings. The van der Waals surface area contributed by atoms with Crippen molar-refractivity contribution in [3.05, 3.63) is 50.6 Å². The van der Waals surface area contributed by atoms with E-state index in [0.717, 1.165) is 4.90 Å². The highest BCUT2D eigenvalue weighted by Crippen LogP contribution is 2.33. The molecule has 0 spiro atoms. The summed E-state index contributed by atoms with van der Waals surface area (Å²) in [7, 11) is 0. The van der Waals surface area contributed by atoms with Gasteiger partial charge in [0.05, 0.1) is 19.5 Å². The molecule has 1 atom stereocenters. The summed E-state index contributed by atoms with van der Waals surface area (Å²) in [5, 5.41) is 0.492. The van der Waals surface area contributed by atoms with Gasteiger partial charge in [-0.15, -0.1) is 23.1 Å². The van der Waals surface area contributed by atoms with Crippen LogP contribution in [0, 0.1) is 0 Å². The number of carbonyl (C=O) groups excluding carboxylic acids is 1. The van der Waals surface area contributed by atoms with Gasteiger partial charge in [0.15, 0.2) is 5.78 Å². The van der Waals surface area contributed by atoms with Crippen molar-refractivity contribution in [1.29, 1.82) is 0 Å². The van der Waals surface area contributed by atoms with Crippen LogP contribution in [0.4, 0.5) is 0 Å². The lowest BCUT2D eigenvalue weighted by molar-refractivity contribution is 0.0998. The Bertz CT molecular complexity index is 566. The molecular weight excluding hydrogens is 307 g/mol. The lowest BCUT2D eigenvalue weighted by Crippen LogP contribution is -2.11. The first-order valence-corrected chi connectivity index (χ1v) is 7.74. The van der Waals surface area contributed by atoms with Crippen LogP contribution >= 0.6 is 46.3 Å². The van der Waals surface area contributed by atoms with Gasteiger partial charge < -0.3 is 0 Å². The molecule has 0 aliphatic carbocycles. The SMILES string of the molecule is CC(Sc1ccccc1Cl)C(=O)c1ccc(Cl)s1. The Morgan fingerprint density at radius 3 is 2.56 bits per heavy atom. The third kappa shape index (κ3) is 3.29. The molecule has 0 N–H and O–H groups in total. The highest BCUT2D eigenvalue weighted by molar-refractivity contribution is 8.00. The number of thioether (sulfide) groups is 1. The Morgan fingerprint density at radius 1 is 1.22 bits per heavy atom. The molecule has 0 saturated carbocycles. The van der Waals surface area contributed by atoms with E-state index in [1.54, 1.807) is 12.1 Å². The second-order valence-corrected chi connectivity index (χ2v) is 7.16. The molecule has 1 aromatic heterocycles. The molecule has 94 valence electrons. The number of carbonyl (C=O) groups is 1. The Labute approximate surface area is 124 Å². The van der Waals surface area contributed by atoms with Gasteiger partial charge in [0.25, 0.3) is 0 Å². The Hall–Kier alpha value is -0.480. The predicted molar refractivity (Wildman–Crippen MR) is 80.4 cm³/mol. The van der Waals surface area contributed by atoms with Gasteiger partial charge in [0, 0.05) is 4.90 Å². The zero-order valence-corrected chi connectivity index (χ0v) is 12.7. The van der Waals surface area contributed by atoms with Crippen molar-refractivity contribution in [2.75, 3.05) is 0 Å². The fourth-order valence-corrected chi connectivity index (χ4v) is 3.80. The van der Waals surface area contributed by atoms with E-state index in [4.69, 9.17) is 23.2 Å². The first kappa shape index (κ1) is 13.9. The normalized spacial score (nSPS) is 12.4. The van der Waals surface area contributed by atoms with Gasteiger partial charge in [-0.3, -0.25) is 4.79 Å². The molecule has 2 rings (SSSR count). The Balaban J connectivity index is 2.11. The molecule has 0 bridgehead atoms. The summed E-state index contributed by atoms with van der Waals surface area (Å²) < 4.78 is 0.633. The standard InChI is InChI=1S/C13H10Cl2OS2/c1-8(13(16)11-6-7-12(15)18-11)17-10-5-3-2-4-9(10)14/h2-8H,1H3. The highest BCUT2D eigenvalue weighted by atomic mass is 35.5. The molecule has 0 radical (unpaired) electrons. The largest absolute Gasteiger partial charge is 0.292 e. The van der Waals surface area contributed by atoms with E-state index in [-0.39, 0.29) is 11.0 Å². The molecule has 0 saturated heterocycles. The third-order valence-electron chi connectivity index (χ3n) is 2.33. The minimum atomic E-state index is -0.181. The summed E-state index contributed by atoms with van der Waals surface area (Å²) in [6, 6.07) is 11.0. The topological polar surface area (TPSA) is 17.1 Å². The van der Waals surface area contributed by atoms with Crippen molar-refractivity contribution >= 4 is 52.1 Å². The van der Waals surface area contributed by atoms with Gasteiger partial charge in [0.2, 0.25) is 0 Å². The van der Waals surface area contributed by atoms with E-state index in [1.807, 2.05) is 31.2 Å². The van der Waals surface area contributed by atoms with Gasteiger partial charge in [0.1, 0.15) is 0 Å². The van der Waals surface area contributed by atoms with Crippen LogP contribution in [-0.4, -0.2) is 11.0 Å². The van der Waals surface area contributed by atoms with E-state index in [0.29, 0.717) is 14.2 Å². The van der Waals surface area contributed by atoms with E-state index in [2.05, 4.69) is 0 Å². The van der Waals surface area contributed by atoms with Crippen LogP contribution in [0.3, 0.4) is 0 Å². The summed E-state index contributed by atoms with van der Waals surface area (Å²) >= 11 is 14.7. The number of rotatable bonds is 4. The number of Topliss-reactive ketones (excluding diaryl/α,β-unsaturated/α-hetero) is 1. The van der Waals surface area contributed by atoms with Gasteiger partial charge in [-0.25, -0.2) is 0 Å². The maximum atomic E-state index is 12.2. The molecule has 1 nitrogen and oxygen atoms in total. The maximum Gasteiger partial charge on any atom is 0.185 e. The molecule has 18 heavy (non-hydrogen) atoms. The van der Waals surface area contributed by atoms with E-state index < -0.39 is 0 Å². The number of ketones is 1. The summed E-state index contributed by atoms with van der Waals surface area (Å²) in [6.07, 6.45) is 0. The van der Waals surface area contributed by atoms with Crippen molar-refractivity contribution in [2.45, 2.75) is 17.1 Å². The summed E-state index contributed by atoms with van der Waals surface area (Å²) in [5.41, 5.74) is 0. The molecule has 1 aromatic carbocycles. The lowest BCUT2D eigenvalue weighted by Gasteiger charge is -2.10. The smallest absolute Gasteiger partial charge is 0.185 e. The molecular formula is C13H10Cl2OS2. The first-order valence-electron chi connectivity index (χ1n) is 5.28. The molecule has 1 heterocycles. The van der Waals surface area contributed by atoms with Crippen molar-refractivity contribution in [2.24, 2.45) is 0 Å². The fraction of sp³-hybridized carbons (Fsp3) is 0.154. The minimum absolute atomic E-state index is 0.0804. The maximum absolute atomic E-state index is 12.2. The van der Waals surface area contributed by atoms with Crippen LogP contribution in [0.5, 0.6) is 0 Å². The predicted octanol–water partition coefficient (Wildman–Crippen LogP) is 5.42. The number of benzene rings is 1. The van der Waals surface area contributed by atoms with Crippen LogP contribution in [-0.2, 0) is 0 Å². The number of hydrogen-bond donors (Lipinski definition) is 0. The highest BCUT2D eigenvalue weighted by Gasteiger charge is 2.19. The zero-order valence-electron chi connectivity index (χ0n) is 9.52. The minimum Gasteiger partial charge on any atom is -0.292 e. The molecule has 0 aliphatic rings. The molecule has 0 aliphatic heterocycles. The zero-order chi connectivity index (χ0) is 13.1. The number of hydrogen-bond acceptors (Lipinski definition) is 3. The number of halogens is 2. The second kappa shape index (κ2) is 6.11. The van der Waals surface area contributed by atoms with Crippen LogP contribution in [0.25, 0.3) is 0 Å². The van der Waals surface area contributed by atoms with E-state index >= 15 is 0 Å². The molecule has 2 aromatic rings. The summed E-state index contributed by atoms with van der Waals surface area (Å²) in [5.74, 6) is 0.0804. The van der Waals surface area contributed by atoms with Crippen LogP contribution in [0.15, 0.2) is 41.3 Å². The van der Waals surface area contributed by atoms with Crippen LogP contribution in [0.1, 0.15) is 16.6 Å². The number of thiophene rings is 1. The van der Waals surface area contributed by atoms with Gasteiger partial charge in [-0.2, -0.15) is 0 Å². The van der Waals surface area contributed by atoms with Crippen molar-refractivity contribution in [1.82, 2.24) is 0 Å². The Kier molecular flexibility index (Phi) is 4.73. The van der Waals surface area contributed by atoms with Gasteiger partial charge in [-0.05, 0) is 31.2 Å². The summed E-state index contributed by atoms with van der Waals surface area (Å²) in [4.78, 5) is 13.8. The molecule has 5 heteroatoms. The Morgan fingerprint density at radius 2 is 1.94 bits per heavy atom. The quantitative estimate of drug-likeness (QED) is 0.553. The van der Waals surface area contributed by atoms with E-state index in [1.165, 1.54) is 23.1 Å². The second-order valence-electron chi connectivity index (χ2n) is 3.66. The van der Waals surface area contributed by atoms with Crippen molar-refractivity contribution < 1.29 is 4.79 Å². The average Bonchev–Trinajstić information content (AvgIpc) is 2.78. The first-order chi connectivity index (χ1) is 8.58. The monoisotopic (exact) mass is 316 g/mol. The summed E-state index contributed by atoms with van der Waals surface area (Å²) in [6.45, 7) is 1.88. The molecule has 1 unspecified atom stereocenters. The van der Waals surface area contributed by atoms with Crippen molar-refractivity contribution in [3.63, 3.8) is 0 Å². The van der Waals surface area contributed by atoms with E-state index in [9.17, 15) is 4.79 Å². The molecule has 0 amide bonds. The fourth-order valence-electron chi connectivity index (χ4n) is 1.43. The van der Waals surface area contributed by atoms with Crippen LogP contribution < -0.4 is 0 Å². The lowest BCUT2D eigenvalue weighted by atomic mass is 10.2. The van der Waals surface area contributed by atoms with Gasteiger partial charge in [-0.1, -0.05) is 35.3 Å². The average molecular weight is 317 g/mol. The third-order valence-corrected chi connectivity index (χ3v) is 5.19. The van der Waals surface area contributed by atoms with Crippen LogP contribution in [0.2, 0.25) is 9.36 Å².